The van der Waals surface area contributed by atoms with Crippen LogP contribution in [0.4, 0.5) is 0 Å². The molecule has 0 saturated heterocycles. The fourth-order valence-corrected chi connectivity index (χ4v) is 2.18. The lowest BCUT2D eigenvalue weighted by atomic mass is 10.1. The average molecular weight is 286 g/mol. The molecule has 1 aromatic carbocycles. The van der Waals surface area contributed by atoms with E-state index in [0.717, 1.165) is 29.8 Å². The molecular weight excluding hydrogens is 264 g/mol. The van der Waals surface area contributed by atoms with Crippen LogP contribution in [0.3, 0.4) is 0 Å². The molecular formula is C16H22N4O. The summed E-state index contributed by atoms with van der Waals surface area (Å²) in [4.78, 5) is 12.2. The first kappa shape index (κ1) is 15.3. The maximum absolute atomic E-state index is 12.2. The summed E-state index contributed by atoms with van der Waals surface area (Å²) in [5.74, 6) is -0.0854. The summed E-state index contributed by atoms with van der Waals surface area (Å²) in [7, 11) is 0. The number of aryl methyl sites for hydroxylation is 1. The third-order valence-electron chi connectivity index (χ3n) is 3.49. The average Bonchev–Trinajstić information content (AvgIpc) is 2.87. The van der Waals surface area contributed by atoms with Gasteiger partial charge in [0.1, 0.15) is 0 Å². The summed E-state index contributed by atoms with van der Waals surface area (Å²) in [6.07, 6.45) is 2.63. The summed E-state index contributed by atoms with van der Waals surface area (Å²) < 4.78 is 1.87. The van der Waals surface area contributed by atoms with Crippen LogP contribution in [0.25, 0.3) is 0 Å². The maximum atomic E-state index is 12.2. The van der Waals surface area contributed by atoms with E-state index in [2.05, 4.69) is 17.3 Å². The van der Waals surface area contributed by atoms with Crippen LogP contribution in [0, 0.1) is 6.92 Å². The highest BCUT2D eigenvalue weighted by atomic mass is 16.1. The quantitative estimate of drug-likeness (QED) is 0.853. The van der Waals surface area contributed by atoms with Crippen molar-refractivity contribution in [2.45, 2.75) is 39.9 Å². The molecule has 112 valence electrons. The van der Waals surface area contributed by atoms with Gasteiger partial charge in [0.2, 0.25) is 0 Å². The van der Waals surface area contributed by atoms with E-state index in [1.807, 2.05) is 35.9 Å². The Morgan fingerprint density at radius 3 is 2.57 bits per heavy atom. The first-order chi connectivity index (χ1) is 10.2. The third-order valence-corrected chi connectivity index (χ3v) is 3.49. The van der Waals surface area contributed by atoms with Crippen LogP contribution in [-0.2, 0) is 19.6 Å². The molecule has 3 N–H and O–H groups in total. The van der Waals surface area contributed by atoms with Gasteiger partial charge in [0.05, 0.1) is 11.8 Å². The SMILES string of the molecule is CCCn1ncc(C(=O)NCc2ccc(CN)cc2)c1C. The van der Waals surface area contributed by atoms with E-state index in [1.165, 1.54) is 0 Å². The van der Waals surface area contributed by atoms with Crippen LogP contribution in [0.15, 0.2) is 30.5 Å². The molecule has 5 heteroatoms. The molecule has 0 aliphatic carbocycles. The predicted octanol–water partition coefficient (Wildman–Crippen LogP) is 1.99. The second kappa shape index (κ2) is 7.04. The molecule has 0 aliphatic heterocycles. The van der Waals surface area contributed by atoms with Gasteiger partial charge in [-0.15, -0.1) is 0 Å². The van der Waals surface area contributed by atoms with Gasteiger partial charge in [0.15, 0.2) is 0 Å². The van der Waals surface area contributed by atoms with Crippen molar-refractivity contribution in [3.8, 4) is 0 Å². The van der Waals surface area contributed by atoms with Gasteiger partial charge in [0.25, 0.3) is 5.91 Å². The van der Waals surface area contributed by atoms with Crippen LogP contribution in [-0.4, -0.2) is 15.7 Å². The van der Waals surface area contributed by atoms with Gasteiger partial charge in [-0.2, -0.15) is 5.10 Å². The first-order valence-corrected chi connectivity index (χ1v) is 7.24. The first-order valence-electron chi connectivity index (χ1n) is 7.24. The molecule has 0 atom stereocenters. The van der Waals surface area contributed by atoms with Crippen molar-refractivity contribution in [3.63, 3.8) is 0 Å². The lowest BCUT2D eigenvalue weighted by Crippen LogP contribution is -2.23. The molecule has 0 aliphatic rings. The molecule has 0 saturated carbocycles. The Morgan fingerprint density at radius 1 is 1.29 bits per heavy atom. The van der Waals surface area contributed by atoms with Crippen LogP contribution in [0.5, 0.6) is 0 Å². The molecule has 0 radical (unpaired) electrons. The zero-order valence-electron chi connectivity index (χ0n) is 12.6. The Morgan fingerprint density at radius 2 is 1.95 bits per heavy atom. The number of hydrogen-bond donors (Lipinski definition) is 2. The zero-order chi connectivity index (χ0) is 15.2. The minimum atomic E-state index is -0.0854. The highest BCUT2D eigenvalue weighted by Crippen LogP contribution is 2.09. The van der Waals surface area contributed by atoms with Gasteiger partial charge >= 0.3 is 0 Å². The summed E-state index contributed by atoms with van der Waals surface area (Å²) >= 11 is 0. The summed E-state index contributed by atoms with van der Waals surface area (Å²) in [5.41, 5.74) is 9.25. The van der Waals surface area contributed by atoms with Gasteiger partial charge < -0.3 is 11.1 Å². The monoisotopic (exact) mass is 286 g/mol. The van der Waals surface area contributed by atoms with E-state index in [9.17, 15) is 4.79 Å². The minimum Gasteiger partial charge on any atom is -0.348 e. The van der Waals surface area contributed by atoms with Crippen molar-refractivity contribution in [2.75, 3.05) is 0 Å². The fraction of sp³-hybridized carbons (Fsp3) is 0.375. The molecule has 0 bridgehead atoms. The molecule has 1 amide bonds. The van der Waals surface area contributed by atoms with E-state index in [4.69, 9.17) is 5.73 Å². The molecule has 1 heterocycles. The summed E-state index contributed by atoms with van der Waals surface area (Å²) in [6.45, 7) is 5.88. The Kier molecular flexibility index (Phi) is 5.11. The van der Waals surface area contributed by atoms with E-state index < -0.39 is 0 Å². The third kappa shape index (κ3) is 3.70. The number of benzene rings is 1. The Bertz CT molecular complexity index is 601. The van der Waals surface area contributed by atoms with E-state index in [1.54, 1.807) is 6.20 Å². The number of carbonyl (C=O) groups is 1. The van der Waals surface area contributed by atoms with Crippen molar-refractivity contribution >= 4 is 5.91 Å². The lowest BCUT2D eigenvalue weighted by Gasteiger charge is -2.06. The highest BCUT2D eigenvalue weighted by Gasteiger charge is 2.13. The molecule has 2 rings (SSSR count). The van der Waals surface area contributed by atoms with E-state index in [-0.39, 0.29) is 5.91 Å². The second-order valence-electron chi connectivity index (χ2n) is 5.07. The number of nitrogens with two attached hydrogens (primary N) is 1. The Hall–Kier alpha value is -2.14. The van der Waals surface area contributed by atoms with Crippen LogP contribution < -0.4 is 11.1 Å². The molecule has 5 nitrogen and oxygen atoms in total. The predicted molar refractivity (Wildman–Crippen MR) is 82.8 cm³/mol. The largest absolute Gasteiger partial charge is 0.348 e. The van der Waals surface area contributed by atoms with Crippen molar-refractivity contribution in [2.24, 2.45) is 5.73 Å². The number of rotatable bonds is 6. The Balaban J connectivity index is 1.97. The van der Waals surface area contributed by atoms with Crippen molar-refractivity contribution in [1.29, 1.82) is 0 Å². The highest BCUT2D eigenvalue weighted by molar-refractivity contribution is 5.94. The van der Waals surface area contributed by atoms with E-state index >= 15 is 0 Å². The number of nitrogens with one attached hydrogen (secondary N) is 1. The number of amides is 1. The zero-order valence-corrected chi connectivity index (χ0v) is 12.6. The minimum absolute atomic E-state index is 0.0854. The number of carbonyl (C=O) groups excluding carboxylic acids is 1. The van der Waals surface area contributed by atoms with Gasteiger partial charge in [-0.1, -0.05) is 31.2 Å². The molecule has 2 aromatic rings. The lowest BCUT2D eigenvalue weighted by molar-refractivity contribution is 0.0950. The van der Waals surface area contributed by atoms with E-state index in [0.29, 0.717) is 18.7 Å². The topological polar surface area (TPSA) is 72.9 Å². The van der Waals surface area contributed by atoms with Gasteiger partial charge in [0, 0.05) is 25.3 Å². The van der Waals surface area contributed by atoms with Crippen LogP contribution >= 0.6 is 0 Å². The fourth-order valence-electron chi connectivity index (χ4n) is 2.18. The second-order valence-corrected chi connectivity index (χ2v) is 5.07. The molecule has 1 aromatic heterocycles. The summed E-state index contributed by atoms with van der Waals surface area (Å²) in [5, 5.41) is 7.17. The Labute approximate surface area is 125 Å². The van der Waals surface area contributed by atoms with Crippen molar-refractivity contribution < 1.29 is 4.79 Å². The number of hydrogen-bond acceptors (Lipinski definition) is 3. The normalized spacial score (nSPS) is 10.6. The molecule has 0 spiro atoms. The molecule has 21 heavy (non-hydrogen) atoms. The van der Waals surface area contributed by atoms with Gasteiger partial charge in [-0.3, -0.25) is 9.48 Å². The van der Waals surface area contributed by atoms with Gasteiger partial charge in [-0.25, -0.2) is 0 Å². The number of nitrogens with zero attached hydrogens (tertiary/aromatic N) is 2. The molecule has 0 unspecified atom stereocenters. The maximum Gasteiger partial charge on any atom is 0.255 e. The standard InChI is InChI=1S/C16H22N4O/c1-3-8-20-12(2)15(11-19-20)16(21)18-10-14-6-4-13(9-17)5-7-14/h4-7,11H,3,8-10,17H2,1-2H3,(H,18,21). The van der Waals surface area contributed by atoms with Crippen LogP contribution in [0.1, 0.15) is 40.5 Å². The summed E-state index contributed by atoms with van der Waals surface area (Å²) in [6, 6.07) is 7.92. The van der Waals surface area contributed by atoms with Crippen molar-refractivity contribution in [1.82, 2.24) is 15.1 Å². The smallest absolute Gasteiger partial charge is 0.255 e. The van der Waals surface area contributed by atoms with Crippen LogP contribution in [0.2, 0.25) is 0 Å². The van der Waals surface area contributed by atoms with Gasteiger partial charge in [-0.05, 0) is 24.5 Å². The van der Waals surface area contributed by atoms with Crippen molar-refractivity contribution in [3.05, 3.63) is 52.8 Å². The molecule has 0 fully saturated rings. The number of aromatic nitrogens is 2.